The van der Waals surface area contributed by atoms with E-state index in [1.807, 2.05) is 59.7 Å². The van der Waals surface area contributed by atoms with Crippen molar-refractivity contribution in [3.63, 3.8) is 0 Å². The normalized spacial score (nSPS) is 19.6. The van der Waals surface area contributed by atoms with Crippen molar-refractivity contribution in [3.8, 4) is 0 Å². The highest BCUT2D eigenvalue weighted by molar-refractivity contribution is 5.91. The van der Waals surface area contributed by atoms with E-state index >= 15 is 0 Å². The third-order valence-electron chi connectivity index (χ3n) is 3.84. The number of amides is 1. The Bertz CT molecular complexity index is 453. The second kappa shape index (κ2) is 11.0. The van der Waals surface area contributed by atoms with Crippen molar-refractivity contribution in [3.05, 3.63) is 30.6 Å². The van der Waals surface area contributed by atoms with Gasteiger partial charge in [-0.3, -0.25) is 14.6 Å². The molecule has 1 heterocycles. The fraction of sp³-hybridized carbons (Fsp3) is 0.650. The average Bonchev–Trinajstić information content (AvgIpc) is 3.31. The number of nitrogens with zero attached hydrogens (tertiary/aromatic N) is 1. The molecule has 0 spiro atoms. The minimum atomic E-state index is -0.349. The highest BCUT2D eigenvalue weighted by Gasteiger charge is 2.41. The van der Waals surface area contributed by atoms with Crippen LogP contribution in [0.15, 0.2) is 30.6 Å². The Morgan fingerprint density at radius 2 is 1.67 bits per heavy atom. The monoisotopic (exact) mass is 334 g/mol. The summed E-state index contributed by atoms with van der Waals surface area (Å²) in [7, 11) is 0. The molecule has 1 aromatic rings. The first-order valence-electron chi connectivity index (χ1n) is 8.95. The summed E-state index contributed by atoms with van der Waals surface area (Å²) in [6, 6.07) is 5.37. The van der Waals surface area contributed by atoms with E-state index in [2.05, 4.69) is 17.2 Å². The number of pyridine rings is 1. The molecule has 1 fully saturated rings. The number of rotatable bonds is 4. The lowest BCUT2D eigenvalue weighted by molar-refractivity contribution is -0.130. The number of aromatic nitrogens is 1. The first kappa shape index (κ1) is 22.3. The lowest BCUT2D eigenvalue weighted by atomic mass is 9.83. The lowest BCUT2D eigenvalue weighted by Crippen LogP contribution is -2.49. The van der Waals surface area contributed by atoms with Crippen molar-refractivity contribution in [2.24, 2.45) is 17.3 Å². The molecule has 0 radical (unpaired) electrons. The van der Waals surface area contributed by atoms with Crippen LogP contribution < -0.4 is 5.32 Å². The fourth-order valence-corrected chi connectivity index (χ4v) is 2.23. The highest BCUT2D eigenvalue weighted by Crippen LogP contribution is 2.38. The van der Waals surface area contributed by atoms with Gasteiger partial charge >= 0.3 is 0 Å². The zero-order chi connectivity index (χ0) is 18.8. The Morgan fingerprint density at radius 1 is 1.17 bits per heavy atom. The van der Waals surface area contributed by atoms with Crippen LogP contribution in [0.25, 0.3) is 0 Å². The van der Waals surface area contributed by atoms with E-state index in [9.17, 15) is 9.59 Å². The Morgan fingerprint density at radius 3 is 1.92 bits per heavy atom. The van der Waals surface area contributed by atoms with Crippen molar-refractivity contribution in [2.75, 3.05) is 0 Å². The molecular weight excluding hydrogens is 300 g/mol. The summed E-state index contributed by atoms with van der Waals surface area (Å²) in [5.41, 5.74) is -0.207. The molecule has 0 saturated heterocycles. The van der Waals surface area contributed by atoms with Crippen LogP contribution in [0.5, 0.6) is 0 Å². The van der Waals surface area contributed by atoms with Crippen LogP contribution in [0.4, 0.5) is 0 Å². The van der Waals surface area contributed by atoms with E-state index in [1.165, 1.54) is 0 Å². The van der Waals surface area contributed by atoms with E-state index in [0.29, 0.717) is 12.3 Å². The molecule has 0 bridgehead atoms. The van der Waals surface area contributed by atoms with Crippen LogP contribution >= 0.6 is 0 Å². The number of nitrogens with one attached hydrogen (secondary N) is 1. The van der Waals surface area contributed by atoms with Gasteiger partial charge in [0.25, 0.3) is 0 Å². The van der Waals surface area contributed by atoms with E-state index in [-0.39, 0.29) is 29.1 Å². The van der Waals surface area contributed by atoms with Gasteiger partial charge in [0.2, 0.25) is 5.91 Å². The maximum Gasteiger partial charge on any atom is 0.223 e. The maximum atomic E-state index is 11.8. The molecule has 1 amide bonds. The van der Waals surface area contributed by atoms with Crippen LogP contribution in [0.3, 0.4) is 0 Å². The molecule has 3 atom stereocenters. The first-order chi connectivity index (χ1) is 11.3. The number of carbonyl (C=O) groups is 2. The van der Waals surface area contributed by atoms with Gasteiger partial charge in [0, 0.05) is 24.7 Å². The van der Waals surface area contributed by atoms with E-state index in [4.69, 9.17) is 0 Å². The Kier molecular flexibility index (Phi) is 10.2. The third-order valence-corrected chi connectivity index (χ3v) is 3.84. The van der Waals surface area contributed by atoms with Gasteiger partial charge in [-0.15, -0.1) is 0 Å². The SMILES string of the molecule is CC.CCC(=O)C(NC(=O)C1C[C@H]1C)C(C)(C)C.c1ccncc1. The van der Waals surface area contributed by atoms with Gasteiger partial charge < -0.3 is 5.32 Å². The lowest BCUT2D eigenvalue weighted by Gasteiger charge is -2.30. The highest BCUT2D eigenvalue weighted by atomic mass is 16.2. The third kappa shape index (κ3) is 8.23. The molecule has 136 valence electrons. The predicted octanol–water partition coefficient (Wildman–Crippen LogP) is 4.26. The molecule has 24 heavy (non-hydrogen) atoms. The molecule has 1 saturated carbocycles. The summed E-state index contributed by atoms with van der Waals surface area (Å²) < 4.78 is 0. The molecule has 0 aliphatic heterocycles. The Hall–Kier alpha value is -1.71. The van der Waals surface area contributed by atoms with Crippen molar-refractivity contribution < 1.29 is 9.59 Å². The van der Waals surface area contributed by atoms with Gasteiger partial charge in [0.15, 0.2) is 5.78 Å². The largest absolute Gasteiger partial charge is 0.346 e. The smallest absolute Gasteiger partial charge is 0.223 e. The molecule has 2 rings (SSSR count). The zero-order valence-corrected chi connectivity index (χ0v) is 16.3. The summed E-state index contributed by atoms with van der Waals surface area (Å²) in [5, 5.41) is 2.91. The second-order valence-electron chi connectivity index (χ2n) is 6.97. The van der Waals surface area contributed by atoms with Crippen molar-refractivity contribution >= 4 is 11.7 Å². The van der Waals surface area contributed by atoms with Crippen molar-refractivity contribution in [1.82, 2.24) is 10.3 Å². The van der Waals surface area contributed by atoms with Crippen molar-refractivity contribution in [1.29, 1.82) is 0 Å². The van der Waals surface area contributed by atoms with Gasteiger partial charge in [-0.05, 0) is 29.9 Å². The molecule has 4 heteroatoms. The molecular formula is C20H34N2O2. The second-order valence-corrected chi connectivity index (χ2v) is 6.97. The minimum Gasteiger partial charge on any atom is -0.346 e. The topological polar surface area (TPSA) is 59.1 Å². The molecule has 1 aliphatic rings. The minimum absolute atomic E-state index is 0.0502. The van der Waals surface area contributed by atoms with Crippen LogP contribution in [-0.2, 0) is 9.59 Å². The van der Waals surface area contributed by atoms with E-state index in [1.54, 1.807) is 12.4 Å². The number of ketones is 1. The summed E-state index contributed by atoms with van der Waals surface area (Å²) >= 11 is 0. The zero-order valence-electron chi connectivity index (χ0n) is 16.3. The number of hydrogen-bond acceptors (Lipinski definition) is 3. The predicted molar refractivity (Wildman–Crippen MR) is 99.5 cm³/mol. The Labute approximate surface area is 147 Å². The fourth-order valence-electron chi connectivity index (χ4n) is 2.23. The average molecular weight is 335 g/mol. The molecule has 4 nitrogen and oxygen atoms in total. The van der Waals surface area contributed by atoms with E-state index in [0.717, 1.165) is 6.42 Å². The van der Waals surface area contributed by atoms with Crippen LogP contribution in [0, 0.1) is 17.3 Å². The molecule has 1 N–H and O–H groups in total. The first-order valence-corrected chi connectivity index (χ1v) is 8.95. The number of hydrogen-bond donors (Lipinski definition) is 1. The standard InChI is InChI=1S/C13H23NO2.C5H5N.C2H6/c1-6-10(15)11(13(3,4)5)14-12(16)9-7-8(9)2;1-2-4-6-5-3-1;1-2/h8-9,11H,6-7H2,1-5H3,(H,14,16);1-5H;1-2H3/t8-,9?,11?;;/m1../s1. The summed E-state index contributed by atoms with van der Waals surface area (Å²) in [5.74, 6) is 0.787. The summed E-state index contributed by atoms with van der Waals surface area (Å²) in [6.07, 6.45) is 4.94. The van der Waals surface area contributed by atoms with Gasteiger partial charge in [-0.2, -0.15) is 0 Å². The van der Waals surface area contributed by atoms with Gasteiger partial charge in [-0.25, -0.2) is 0 Å². The summed E-state index contributed by atoms with van der Waals surface area (Å²) in [4.78, 5) is 27.4. The van der Waals surface area contributed by atoms with Gasteiger partial charge in [0.1, 0.15) is 0 Å². The Balaban J connectivity index is 0.000000547. The number of Topliss-reactive ketones (excluding diaryl/α,β-unsaturated/α-hetero) is 1. The van der Waals surface area contributed by atoms with Crippen LogP contribution in [0.1, 0.15) is 61.3 Å². The van der Waals surface area contributed by atoms with Crippen LogP contribution in [0.2, 0.25) is 0 Å². The quantitative estimate of drug-likeness (QED) is 0.895. The molecule has 1 aromatic heterocycles. The van der Waals surface area contributed by atoms with Crippen LogP contribution in [-0.4, -0.2) is 22.7 Å². The molecule has 0 aromatic carbocycles. The van der Waals surface area contributed by atoms with Gasteiger partial charge in [-0.1, -0.05) is 54.5 Å². The molecule has 1 aliphatic carbocycles. The molecule has 2 unspecified atom stereocenters. The van der Waals surface area contributed by atoms with Crippen molar-refractivity contribution in [2.45, 2.75) is 67.3 Å². The maximum absolute atomic E-state index is 11.8. The number of carbonyl (C=O) groups excluding carboxylic acids is 2. The van der Waals surface area contributed by atoms with E-state index < -0.39 is 0 Å². The van der Waals surface area contributed by atoms with Gasteiger partial charge in [0.05, 0.1) is 6.04 Å². The summed E-state index contributed by atoms with van der Waals surface area (Å²) in [6.45, 7) is 13.9.